The highest BCUT2D eigenvalue weighted by Gasteiger charge is 2.23. The highest BCUT2D eigenvalue weighted by atomic mass is 31.2. The summed E-state index contributed by atoms with van der Waals surface area (Å²) in [5.41, 5.74) is 1.04. The van der Waals surface area contributed by atoms with Crippen molar-refractivity contribution in [1.29, 1.82) is 0 Å². The van der Waals surface area contributed by atoms with Crippen LogP contribution in [-0.2, 0) is 20.4 Å². The summed E-state index contributed by atoms with van der Waals surface area (Å²) in [6.07, 6.45) is 3.12. The molecule has 0 fully saturated rings. The molecule has 2 heterocycles. The molecule has 0 atom stereocenters. The molecule has 3 aromatic rings. The summed E-state index contributed by atoms with van der Waals surface area (Å²) < 4.78 is 27.3. The molecule has 2 N–H and O–H groups in total. The van der Waals surface area contributed by atoms with Crippen LogP contribution in [0.2, 0.25) is 0 Å². The molecular weight excluding hydrogens is 551 g/mol. The molecule has 0 aliphatic heterocycles. The number of benzene rings is 1. The van der Waals surface area contributed by atoms with Gasteiger partial charge in [-0.05, 0) is 42.9 Å². The van der Waals surface area contributed by atoms with Crippen molar-refractivity contribution in [2.24, 2.45) is 11.8 Å². The van der Waals surface area contributed by atoms with E-state index in [2.05, 4.69) is 42.3 Å². The first-order chi connectivity index (χ1) is 19.4. The van der Waals surface area contributed by atoms with Crippen LogP contribution in [0.25, 0.3) is 10.9 Å². The molecule has 0 radical (unpaired) electrons. The number of rotatable bonds is 16. The van der Waals surface area contributed by atoms with Gasteiger partial charge in [0.2, 0.25) is 17.6 Å². The molecule has 12 nitrogen and oxygen atoms in total. The molecule has 1 amide bonds. The van der Waals surface area contributed by atoms with E-state index in [-0.39, 0.29) is 48.6 Å². The summed E-state index contributed by atoms with van der Waals surface area (Å²) in [6, 6.07) is 8.23. The van der Waals surface area contributed by atoms with Crippen molar-refractivity contribution in [2.75, 3.05) is 33.4 Å². The fourth-order valence-electron chi connectivity index (χ4n) is 4.03. The first-order valence-electron chi connectivity index (χ1n) is 13.5. The fraction of sp³-hybridized carbons (Fsp3) is 0.500. The van der Waals surface area contributed by atoms with Crippen molar-refractivity contribution in [3.8, 4) is 11.6 Å². The molecule has 2 aromatic heterocycles. The van der Waals surface area contributed by atoms with Crippen LogP contribution in [0.4, 0.5) is 0 Å². The summed E-state index contributed by atoms with van der Waals surface area (Å²) in [5.74, 6) is 1.20. The minimum Gasteiger partial charge on any atom is -0.497 e. The molecule has 41 heavy (non-hydrogen) atoms. The number of aromatic nitrogens is 3. The molecule has 13 heteroatoms. The minimum absolute atomic E-state index is 0.0190. The second kappa shape index (κ2) is 14.5. The summed E-state index contributed by atoms with van der Waals surface area (Å²) in [4.78, 5) is 50.4. The Kier molecular flexibility index (Phi) is 11.4. The highest BCUT2D eigenvalue weighted by molar-refractivity contribution is 7.46. The SMILES string of the molecule is COc1ccc2c(C(=O)c3ccc(OCCOP(=O)(O)O)nc3)nn(CC(=O)N(CCC(C)C)CCC(C)C)c2c1. The maximum absolute atomic E-state index is 13.5. The zero-order valence-electron chi connectivity index (χ0n) is 24.1. The molecule has 0 aliphatic carbocycles. The lowest BCUT2D eigenvalue weighted by Crippen LogP contribution is -2.36. The molecule has 0 saturated carbocycles. The Morgan fingerprint density at radius 1 is 1.02 bits per heavy atom. The molecule has 0 aliphatic rings. The van der Waals surface area contributed by atoms with Gasteiger partial charge in [-0.3, -0.25) is 18.8 Å². The summed E-state index contributed by atoms with van der Waals surface area (Å²) in [7, 11) is -3.03. The smallest absolute Gasteiger partial charge is 0.469 e. The number of carbonyl (C=O) groups excluding carboxylic acids is 2. The van der Waals surface area contributed by atoms with E-state index < -0.39 is 7.82 Å². The van der Waals surface area contributed by atoms with Gasteiger partial charge in [-0.15, -0.1) is 0 Å². The number of fused-ring (bicyclic) bond motifs is 1. The number of phosphoric acid groups is 1. The number of carbonyl (C=O) groups is 2. The van der Waals surface area contributed by atoms with Crippen molar-refractivity contribution >= 4 is 30.4 Å². The van der Waals surface area contributed by atoms with E-state index in [4.69, 9.17) is 19.3 Å². The lowest BCUT2D eigenvalue weighted by molar-refractivity contribution is -0.132. The number of ether oxygens (including phenoxy) is 2. The van der Waals surface area contributed by atoms with E-state index in [0.29, 0.717) is 41.6 Å². The van der Waals surface area contributed by atoms with Gasteiger partial charge in [0, 0.05) is 42.4 Å². The van der Waals surface area contributed by atoms with Crippen LogP contribution >= 0.6 is 7.82 Å². The van der Waals surface area contributed by atoms with Crippen LogP contribution in [0.1, 0.15) is 56.6 Å². The third-order valence-corrected chi connectivity index (χ3v) is 6.87. The number of ketones is 1. The Bertz CT molecular complexity index is 1360. The third kappa shape index (κ3) is 9.64. The number of methoxy groups -OCH3 is 1. The van der Waals surface area contributed by atoms with Crippen LogP contribution in [0.5, 0.6) is 11.6 Å². The Morgan fingerprint density at radius 3 is 2.27 bits per heavy atom. The molecule has 224 valence electrons. The van der Waals surface area contributed by atoms with Crippen molar-refractivity contribution in [1.82, 2.24) is 19.7 Å². The topological polar surface area (TPSA) is 153 Å². The lowest BCUT2D eigenvalue weighted by Gasteiger charge is -2.24. The van der Waals surface area contributed by atoms with E-state index in [0.717, 1.165) is 12.8 Å². The second-order valence-corrected chi connectivity index (χ2v) is 11.8. The van der Waals surface area contributed by atoms with Gasteiger partial charge in [-0.2, -0.15) is 5.10 Å². The normalized spacial score (nSPS) is 11.8. The van der Waals surface area contributed by atoms with Crippen molar-refractivity contribution < 1.29 is 37.9 Å². The molecule has 1 aromatic carbocycles. The van der Waals surface area contributed by atoms with Crippen LogP contribution in [0.3, 0.4) is 0 Å². The van der Waals surface area contributed by atoms with Crippen molar-refractivity contribution in [2.45, 2.75) is 47.1 Å². The monoisotopic (exact) mass is 590 g/mol. The molecule has 0 unspecified atom stereocenters. The average molecular weight is 591 g/mol. The maximum Gasteiger partial charge on any atom is 0.469 e. The van der Waals surface area contributed by atoms with Crippen LogP contribution < -0.4 is 9.47 Å². The number of hydrogen-bond donors (Lipinski definition) is 2. The maximum atomic E-state index is 13.5. The predicted molar refractivity (Wildman–Crippen MR) is 153 cm³/mol. The van der Waals surface area contributed by atoms with Gasteiger partial charge in [-0.1, -0.05) is 27.7 Å². The van der Waals surface area contributed by atoms with Gasteiger partial charge < -0.3 is 24.2 Å². The zero-order valence-corrected chi connectivity index (χ0v) is 25.0. The van der Waals surface area contributed by atoms with Crippen LogP contribution in [0.15, 0.2) is 36.5 Å². The fourth-order valence-corrected chi connectivity index (χ4v) is 4.34. The summed E-state index contributed by atoms with van der Waals surface area (Å²) in [6.45, 7) is 9.35. The average Bonchev–Trinajstić information content (AvgIpc) is 3.27. The molecular formula is C28H39N4O8P. The molecule has 3 rings (SSSR count). The summed E-state index contributed by atoms with van der Waals surface area (Å²) in [5, 5.41) is 5.15. The van der Waals surface area contributed by atoms with E-state index in [1.165, 1.54) is 18.3 Å². The van der Waals surface area contributed by atoms with Crippen LogP contribution in [-0.4, -0.2) is 74.6 Å². The second-order valence-electron chi connectivity index (χ2n) is 10.5. The van der Waals surface area contributed by atoms with E-state index in [9.17, 15) is 14.2 Å². The Labute approximate surface area is 239 Å². The standard InChI is InChI=1S/C28H39N4O8P/c1-19(2)10-12-31(13-11-20(3)4)26(33)18-32-24-16-22(38-5)7-8-23(24)27(30-32)28(34)21-6-9-25(29-17-21)39-14-15-40-41(35,36)37/h6-9,16-17,19-20H,10-15,18H2,1-5H3,(H2,35,36,37). The van der Waals surface area contributed by atoms with E-state index in [1.807, 2.05) is 4.90 Å². The Hall–Kier alpha value is -3.31. The zero-order chi connectivity index (χ0) is 30.2. The first-order valence-corrected chi connectivity index (χ1v) is 15.1. The minimum atomic E-state index is -4.58. The lowest BCUT2D eigenvalue weighted by atomic mass is 10.1. The van der Waals surface area contributed by atoms with Gasteiger partial charge in [0.15, 0.2) is 0 Å². The number of hydrogen-bond acceptors (Lipinski definition) is 8. The Balaban J connectivity index is 1.83. The van der Waals surface area contributed by atoms with Gasteiger partial charge in [0.05, 0.1) is 19.2 Å². The van der Waals surface area contributed by atoms with Crippen molar-refractivity contribution in [3.05, 3.63) is 47.8 Å². The molecule has 0 bridgehead atoms. The number of pyridine rings is 1. The molecule has 0 spiro atoms. The Morgan fingerprint density at radius 2 is 1.71 bits per heavy atom. The third-order valence-electron chi connectivity index (χ3n) is 6.36. The largest absolute Gasteiger partial charge is 0.497 e. The van der Waals surface area contributed by atoms with Crippen LogP contribution in [0, 0.1) is 11.8 Å². The highest BCUT2D eigenvalue weighted by Crippen LogP contribution is 2.35. The van der Waals surface area contributed by atoms with E-state index in [1.54, 1.807) is 30.0 Å². The number of amides is 1. The number of phosphoric ester groups is 1. The number of nitrogens with zero attached hydrogens (tertiary/aromatic N) is 4. The van der Waals surface area contributed by atoms with Gasteiger partial charge in [-0.25, -0.2) is 9.55 Å². The summed E-state index contributed by atoms with van der Waals surface area (Å²) >= 11 is 0. The molecule has 0 saturated heterocycles. The van der Waals surface area contributed by atoms with Gasteiger partial charge in [0.1, 0.15) is 24.6 Å². The van der Waals surface area contributed by atoms with Gasteiger partial charge >= 0.3 is 7.82 Å². The first kappa shape index (κ1) is 32.2. The van der Waals surface area contributed by atoms with Crippen molar-refractivity contribution in [3.63, 3.8) is 0 Å². The van der Waals surface area contributed by atoms with E-state index >= 15 is 0 Å². The quantitative estimate of drug-likeness (QED) is 0.142. The van der Waals surface area contributed by atoms with Gasteiger partial charge in [0.25, 0.3) is 0 Å². The predicted octanol–water partition coefficient (Wildman–Crippen LogP) is 4.08.